The van der Waals surface area contributed by atoms with Crippen molar-refractivity contribution in [3.05, 3.63) is 30.0 Å². The normalized spacial score (nSPS) is 20.4. The molecule has 1 aromatic carbocycles. The highest BCUT2D eigenvalue weighted by Crippen LogP contribution is 2.19. The topological polar surface area (TPSA) is 39.1 Å². The molecular formula is C14H19N3O. The summed E-state index contributed by atoms with van der Waals surface area (Å²) in [4.78, 5) is 0. The summed E-state index contributed by atoms with van der Waals surface area (Å²) < 4.78 is 7.88. The predicted molar refractivity (Wildman–Crippen MR) is 71.4 cm³/mol. The number of benzene rings is 1. The van der Waals surface area contributed by atoms with Crippen LogP contribution in [0.3, 0.4) is 0 Å². The Bertz CT molecular complexity index is 529. The van der Waals surface area contributed by atoms with E-state index >= 15 is 0 Å². The summed E-state index contributed by atoms with van der Waals surface area (Å²) in [7, 11) is 1.98. The van der Waals surface area contributed by atoms with Gasteiger partial charge in [0.05, 0.1) is 23.9 Å². The van der Waals surface area contributed by atoms with Crippen LogP contribution in [0.4, 0.5) is 0 Å². The molecule has 0 unspecified atom stereocenters. The molecule has 0 radical (unpaired) electrons. The molecule has 18 heavy (non-hydrogen) atoms. The zero-order chi connectivity index (χ0) is 12.4. The monoisotopic (exact) mass is 245 g/mol. The summed E-state index contributed by atoms with van der Waals surface area (Å²) in [6.45, 7) is 2.69. The molecule has 1 aliphatic rings. The van der Waals surface area contributed by atoms with E-state index in [1.54, 1.807) is 0 Å². The van der Waals surface area contributed by atoms with Gasteiger partial charge in [-0.05, 0) is 25.5 Å². The van der Waals surface area contributed by atoms with Gasteiger partial charge in [0.15, 0.2) is 0 Å². The number of fused-ring (bicyclic) bond motifs is 1. The van der Waals surface area contributed by atoms with Crippen LogP contribution >= 0.6 is 0 Å². The SMILES string of the molecule is Cn1nc(CO[C@H]2CCCNC2)c2ccccc21. The lowest BCUT2D eigenvalue weighted by Crippen LogP contribution is -2.35. The molecule has 1 N–H and O–H groups in total. The summed E-state index contributed by atoms with van der Waals surface area (Å²) in [6, 6.07) is 8.30. The second-order valence-electron chi connectivity index (χ2n) is 4.87. The molecule has 1 atom stereocenters. The summed E-state index contributed by atoms with van der Waals surface area (Å²) in [6.07, 6.45) is 2.69. The Morgan fingerprint density at radius 2 is 2.33 bits per heavy atom. The van der Waals surface area contributed by atoms with E-state index < -0.39 is 0 Å². The van der Waals surface area contributed by atoms with Crippen molar-refractivity contribution < 1.29 is 4.74 Å². The number of piperidine rings is 1. The van der Waals surface area contributed by atoms with Gasteiger partial charge in [-0.2, -0.15) is 5.10 Å². The summed E-state index contributed by atoms with van der Waals surface area (Å²) in [5, 5.41) is 9.11. The molecule has 0 bridgehead atoms. The van der Waals surface area contributed by atoms with Crippen LogP contribution in [0.1, 0.15) is 18.5 Å². The summed E-state index contributed by atoms with van der Waals surface area (Å²) in [5.41, 5.74) is 2.21. The minimum atomic E-state index is 0.333. The van der Waals surface area contributed by atoms with Gasteiger partial charge < -0.3 is 10.1 Å². The van der Waals surface area contributed by atoms with Gasteiger partial charge >= 0.3 is 0 Å². The fraction of sp³-hybridized carbons (Fsp3) is 0.500. The molecule has 4 heteroatoms. The van der Waals surface area contributed by atoms with E-state index in [0.29, 0.717) is 12.7 Å². The first-order valence-electron chi connectivity index (χ1n) is 6.57. The number of hydrogen-bond acceptors (Lipinski definition) is 3. The number of aryl methyl sites for hydroxylation is 1. The van der Waals surface area contributed by atoms with Gasteiger partial charge in [-0.1, -0.05) is 18.2 Å². The van der Waals surface area contributed by atoms with Crippen LogP contribution in [0.5, 0.6) is 0 Å². The number of nitrogens with zero attached hydrogens (tertiary/aromatic N) is 2. The van der Waals surface area contributed by atoms with Crippen molar-refractivity contribution in [1.82, 2.24) is 15.1 Å². The number of rotatable bonds is 3. The maximum Gasteiger partial charge on any atom is 0.0960 e. The zero-order valence-electron chi connectivity index (χ0n) is 10.7. The second kappa shape index (κ2) is 5.08. The molecule has 3 rings (SSSR count). The molecular weight excluding hydrogens is 226 g/mol. The third-order valence-corrected chi connectivity index (χ3v) is 3.54. The third-order valence-electron chi connectivity index (χ3n) is 3.54. The Kier molecular flexibility index (Phi) is 3.30. The predicted octanol–water partition coefficient (Wildman–Crippen LogP) is 1.84. The van der Waals surface area contributed by atoms with E-state index in [4.69, 9.17) is 4.74 Å². The van der Waals surface area contributed by atoms with Crippen molar-refractivity contribution in [2.45, 2.75) is 25.6 Å². The molecule has 4 nitrogen and oxygen atoms in total. The molecule has 1 aliphatic heterocycles. The highest BCUT2D eigenvalue weighted by Gasteiger charge is 2.15. The van der Waals surface area contributed by atoms with Crippen molar-refractivity contribution in [2.24, 2.45) is 7.05 Å². The minimum Gasteiger partial charge on any atom is -0.371 e. The van der Waals surface area contributed by atoms with Crippen LogP contribution in [-0.4, -0.2) is 29.0 Å². The van der Waals surface area contributed by atoms with E-state index in [-0.39, 0.29) is 0 Å². The highest BCUT2D eigenvalue weighted by molar-refractivity contribution is 5.81. The first-order chi connectivity index (χ1) is 8.84. The Morgan fingerprint density at radius 1 is 1.44 bits per heavy atom. The molecule has 2 heterocycles. The first-order valence-corrected chi connectivity index (χ1v) is 6.57. The quantitative estimate of drug-likeness (QED) is 0.897. The van der Waals surface area contributed by atoms with E-state index in [1.165, 1.54) is 11.8 Å². The Labute approximate surface area is 107 Å². The van der Waals surface area contributed by atoms with Gasteiger partial charge in [-0.25, -0.2) is 0 Å². The fourth-order valence-corrected chi connectivity index (χ4v) is 2.55. The molecule has 0 amide bonds. The average molecular weight is 245 g/mol. The number of aromatic nitrogens is 2. The van der Waals surface area contributed by atoms with Gasteiger partial charge in [0.1, 0.15) is 0 Å². The van der Waals surface area contributed by atoms with Crippen LogP contribution < -0.4 is 5.32 Å². The molecule has 0 aliphatic carbocycles. The van der Waals surface area contributed by atoms with Crippen LogP contribution in [0.15, 0.2) is 24.3 Å². The van der Waals surface area contributed by atoms with Gasteiger partial charge in [0.2, 0.25) is 0 Å². The standard InChI is InChI=1S/C14H19N3O/c1-17-14-7-3-2-6-12(14)13(16-17)10-18-11-5-4-8-15-9-11/h2-3,6-7,11,15H,4-5,8-10H2,1H3/t11-/m0/s1. The third kappa shape index (κ3) is 2.26. The number of hydrogen-bond donors (Lipinski definition) is 1. The Balaban J connectivity index is 1.74. The fourth-order valence-electron chi connectivity index (χ4n) is 2.55. The van der Waals surface area contributed by atoms with Crippen molar-refractivity contribution in [2.75, 3.05) is 13.1 Å². The molecule has 1 aromatic heterocycles. The first kappa shape index (κ1) is 11.7. The molecule has 0 saturated carbocycles. The van der Waals surface area contributed by atoms with Crippen LogP contribution in [0, 0.1) is 0 Å². The Morgan fingerprint density at radius 3 is 3.17 bits per heavy atom. The average Bonchev–Trinajstić information content (AvgIpc) is 2.75. The largest absolute Gasteiger partial charge is 0.371 e. The van der Waals surface area contributed by atoms with Crippen molar-refractivity contribution in [3.8, 4) is 0 Å². The lowest BCUT2D eigenvalue weighted by Gasteiger charge is -2.22. The maximum absolute atomic E-state index is 5.95. The minimum absolute atomic E-state index is 0.333. The molecule has 1 saturated heterocycles. The highest BCUT2D eigenvalue weighted by atomic mass is 16.5. The number of ether oxygens (including phenoxy) is 1. The lowest BCUT2D eigenvalue weighted by atomic mass is 10.1. The van der Waals surface area contributed by atoms with E-state index in [2.05, 4.69) is 28.6 Å². The summed E-state index contributed by atoms with van der Waals surface area (Å²) >= 11 is 0. The smallest absolute Gasteiger partial charge is 0.0960 e. The van der Waals surface area contributed by atoms with Gasteiger partial charge in [0, 0.05) is 19.0 Å². The van der Waals surface area contributed by atoms with E-state index in [9.17, 15) is 0 Å². The van der Waals surface area contributed by atoms with Crippen LogP contribution in [-0.2, 0) is 18.4 Å². The van der Waals surface area contributed by atoms with Crippen molar-refractivity contribution in [3.63, 3.8) is 0 Å². The molecule has 1 fully saturated rings. The lowest BCUT2D eigenvalue weighted by molar-refractivity contribution is 0.0239. The van der Waals surface area contributed by atoms with Crippen molar-refractivity contribution in [1.29, 1.82) is 0 Å². The van der Waals surface area contributed by atoms with Crippen LogP contribution in [0.2, 0.25) is 0 Å². The molecule has 0 spiro atoms. The van der Waals surface area contributed by atoms with Gasteiger partial charge in [-0.15, -0.1) is 0 Å². The molecule has 96 valence electrons. The van der Waals surface area contributed by atoms with Crippen LogP contribution in [0.25, 0.3) is 10.9 Å². The number of nitrogens with one attached hydrogen (secondary N) is 1. The van der Waals surface area contributed by atoms with E-state index in [0.717, 1.165) is 30.7 Å². The Hall–Kier alpha value is -1.39. The maximum atomic E-state index is 5.95. The summed E-state index contributed by atoms with van der Waals surface area (Å²) in [5.74, 6) is 0. The van der Waals surface area contributed by atoms with E-state index in [1.807, 2.05) is 17.8 Å². The van der Waals surface area contributed by atoms with Gasteiger partial charge in [-0.3, -0.25) is 4.68 Å². The second-order valence-corrected chi connectivity index (χ2v) is 4.87. The zero-order valence-corrected chi connectivity index (χ0v) is 10.7. The van der Waals surface area contributed by atoms with Gasteiger partial charge in [0.25, 0.3) is 0 Å². The number of para-hydroxylation sites is 1. The van der Waals surface area contributed by atoms with Crippen molar-refractivity contribution >= 4 is 10.9 Å². The molecule has 2 aromatic rings.